The minimum Gasteiger partial charge on any atom is -0.484 e. The number of carbonyl (C=O) groups excluding carboxylic acids is 2. The van der Waals surface area contributed by atoms with Crippen LogP contribution >= 0.6 is 11.6 Å². The number of nitrogens with zero attached hydrogens (tertiary/aromatic N) is 2. The van der Waals surface area contributed by atoms with E-state index in [1.165, 1.54) is 24.1 Å². The van der Waals surface area contributed by atoms with Crippen molar-refractivity contribution in [1.82, 2.24) is 9.88 Å². The quantitative estimate of drug-likeness (QED) is 0.316. The van der Waals surface area contributed by atoms with Gasteiger partial charge >= 0.3 is 12.1 Å². The maximum Gasteiger partial charge on any atom is 0.411 e. The van der Waals surface area contributed by atoms with Crippen LogP contribution in [0.1, 0.15) is 27.2 Å². The lowest BCUT2D eigenvalue weighted by Gasteiger charge is -2.27. The smallest absolute Gasteiger partial charge is 0.411 e. The zero-order chi connectivity index (χ0) is 25.8. The lowest BCUT2D eigenvalue weighted by Crippen LogP contribution is -2.44. The molecular weight excluding hydrogens is 491 g/mol. The minimum absolute atomic E-state index is 0.0716. The molecule has 4 aromatic rings. The molecule has 0 unspecified atom stereocenters. The highest BCUT2D eigenvalue weighted by Gasteiger charge is 2.43. The molecule has 0 saturated carbocycles. The van der Waals surface area contributed by atoms with Gasteiger partial charge in [0.15, 0.2) is 16.9 Å². The van der Waals surface area contributed by atoms with Crippen molar-refractivity contribution in [2.75, 3.05) is 13.7 Å². The summed E-state index contributed by atoms with van der Waals surface area (Å²) in [5.41, 5.74) is 0.847. The molecule has 8 nitrogen and oxygen atoms in total. The number of methoxy groups -OCH3 is 1. The van der Waals surface area contributed by atoms with Gasteiger partial charge in [0.25, 0.3) is 0 Å². The molecule has 3 heterocycles. The van der Waals surface area contributed by atoms with E-state index in [1.54, 1.807) is 39.0 Å². The summed E-state index contributed by atoms with van der Waals surface area (Å²) in [6.07, 6.45) is -1.09. The normalized spacial score (nSPS) is 18.2. The van der Waals surface area contributed by atoms with Crippen molar-refractivity contribution in [1.29, 1.82) is 0 Å². The summed E-state index contributed by atoms with van der Waals surface area (Å²) in [4.78, 5) is 31.3. The number of rotatable bonds is 3. The number of halogens is 2. The highest BCUT2D eigenvalue weighted by Crippen LogP contribution is 2.41. The van der Waals surface area contributed by atoms with Crippen molar-refractivity contribution in [3.05, 3.63) is 47.2 Å². The van der Waals surface area contributed by atoms with E-state index in [0.29, 0.717) is 43.7 Å². The van der Waals surface area contributed by atoms with E-state index in [9.17, 15) is 14.0 Å². The van der Waals surface area contributed by atoms with Crippen molar-refractivity contribution < 1.29 is 32.6 Å². The van der Waals surface area contributed by atoms with Gasteiger partial charge in [0, 0.05) is 23.3 Å². The van der Waals surface area contributed by atoms with Gasteiger partial charge < -0.3 is 18.6 Å². The van der Waals surface area contributed by atoms with Crippen LogP contribution in [0, 0.1) is 5.82 Å². The van der Waals surface area contributed by atoms with Gasteiger partial charge in [-0.3, -0.25) is 4.90 Å². The first kappa shape index (κ1) is 24.1. The molecule has 2 atom stereocenters. The second kappa shape index (κ2) is 8.81. The number of aromatic nitrogens is 1. The second-order valence-corrected chi connectivity index (χ2v) is 10.1. The zero-order valence-electron chi connectivity index (χ0n) is 20.1. The van der Waals surface area contributed by atoms with Gasteiger partial charge in [0.05, 0.1) is 24.2 Å². The Morgan fingerprint density at radius 1 is 1.17 bits per heavy atom. The number of para-hydroxylation sites is 1. The number of esters is 1. The average Bonchev–Trinajstić information content (AvgIpc) is 3.40. The third-order valence-corrected chi connectivity index (χ3v) is 6.23. The minimum atomic E-state index is -0.888. The molecule has 2 aromatic carbocycles. The van der Waals surface area contributed by atoms with Gasteiger partial charge in [-0.25, -0.2) is 19.0 Å². The van der Waals surface area contributed by atoms with E-state index in [4.69, 9.17) is 30.2 Å². The number of likely N-dealkylation sites (tertiary alicyclic amines) is 1. The number of benzene rings is 2. The van der Waals surface area contributed by atoms with Gasteiger partial charge in [-0.2, -0.15) is 0 Å². The molecular formula is C26H24ClFN2O6. The third-order valence-electron chi connectivity index (χ3n) is 5.93. The molecule has 188 valence electrons. The standard InChI is InChI=1S/C26H24ClFN2O6/c1-26(2,3)36-25(32)30-12-14(11-19(30)24(31)33-4)34-22-15-9-8-13(28)10-18(15)29-20-16-6-5-7-17(27)21(16)35-23(20)22/h5-10,14,19H,11-12H2,1-4H3/t14-,19+/m1/s1. The molecule has 1 fully saturated rings. The number of carbonyl (C=O) groups is 2. The lowest BCUT2D eigenvalue weighted by atomic mass is 10.1. The Bertz CT molecular complexity index is 1510. The van der Waals surface area contributed by atoms with Gasteiger partial charge in [0.1, 0.15) is 29.1 Å². The number of fused-ring (bicyclic) bond motifs is 4. The van der Waals surface area contributed by atoms with Crippen molar-refractivity contribution in [2.45, 2.75) is 44.9 Å². The Hall–Kier alpha value is -3.59. The van der Waals surface area contributed by atoms with Crippen LogP contribution in [0.4, 0.5) is 9.18 Å². The van der Waals surface area contributed by atoms with Crippen LogP contribution in [0.5, 0.6) is 5.75 Å². The Morgan fingerprint density at radius 2 is 1.94 bits per heavy atom. The summed E-state index contributed by atoms with van der Waals surface area (Å²) in [6.45, 7) is 5.30. The molecule has 10 heteroatoms. The van der Waals surface area contributed by atoms with Gasteiger partial charge in [0.2, 0.25) is 0 Å². The average molecular weight is 515 g/mol. The number of amides is 1. The van der Waals surface area contributed by atoms with Crippen LogP contribution in [0.15, 0.2) is 40.8 Å². The van der Waals surface area contributed by atoms with Crippen molar-refractivity contribution >= 4 is 56.6 Å². The second-order valence-electron chi connectivity index (χ2n) is 9.65. The predicted molar refractivity (Wildman–Crippen MR) is 132 cm³/mol. The first-order valence-corrected chi connectivity index (χ1v) is 11.8. The SMILES string of the molecule is COC(=O)[C@@H]1C[C@@H](Oc2c3ccc(F)cc3nc3c2oc2c(Cl)cccc23)CN1C(=O)OC(C)(C)C. The molecule has 2 aromatic heterocycles. The fraction of sp³-hybridized carbons (Fsp3) is 0.346. The Labute approximate surface area is 210 Å². The largest absolute Gasteiger partial charge is 0.484 e. The van der Waals surface area contributed by atoms with Crippen LogP contribution in [-0.4, -0.2) is 53.3 Å². The topological polar surface area (TPSA) is 91.1 Å². The van der Waals surface area contributed by atoms with Gasteiger partial charge in [-0.05, 0) is 45.0 Å². The number of hydrogen-bond acceptors (Lipinski definition) is 7. The zero-order valence-corrected chi connectivity index (χ0v) is 20.9. The lowest BCUT2D eigenvalue weighted by molar-refractivity contribution is -0.145. The van der Waals surface area contributed by atoms with Gasteiger partial charge in [-0.1, -0.05) is 17.7 Å². The molecule has 0 spiro atoms. The monoisotopic (exact) mass is 514 g/mol. The number of pyridine rings is 1. The molecule has 1 aliphatic rings. The molecule has 1 saturated heterocycles. The van der Waals surface area contributed by atoms with Crippen LogP contribution < -0.4 is 4.74 Å². The summed E-state index contributed by atoms with van der Waals surface area (Å²) in [5, 5.41) is 1.57. The van der Waals surface area contributed by atoms with E-state index in [1.807, 2.05) is 6.07 Å². The number of furan rings is 1. The first-order chi connectivity index (χ1) is 17.1. The van der Waals surface area contributed by atoms with Crippen LogP contribution in [0.25, 0.3) is 33.0 Å². The van der Waals surface area contributed by atoms with Crippen LogP contribution in [0.3, 0.4) is 0 Å². The summed E-state index contributed by atoms with van der Waals surface area (Å²) in [5.74, 6) is -0.704. The molecule has 36 heavy (non-hydrogen) atoms. The van der Waals surface area contributed by atoms with Crippen LogP contribution in [-0.2, 0) is 14.3 Å². The number of hydrogen-bond donors (Lipinski definition) is 0. The van der Waals surface area contributed by atoms with E-state index >= 15 is 0 Å². The Kier molecular flexibility index (Phi) is 5.90. The van der Waals surface area contributed by atoms with Crippen molar-refractivity contribution in [3.63, 3.8) is 0 Å². The molecule has 1 aliphatic heterocycles. The van der Waals surface area contributed by atoms with E-state index < -0.39 is 35.6 Å². The fourth-order valence-corrected chi connectivity index (χ4v) is 4.63. The Morgan fingerprint density at radius 3 is 2.67 bits per heavy atom. The fourth-order valence-electron chi connectivity index (χ4n) is 4.42. The summed E-state index contributed by atoms with van der Waals surface area (Å²) in [6, 6.07) is 8.56. The highest BCUT2D eigenvalue weighted by molar-refractivity contribution is 6.35. The first-order valence-electron chi connectivity index (χ1n) is 11.4. The highest BCUT2D eigenvalue weighted by atomic mass is 35.5. The Balaban J connectivity index is 1.59. The molecule has 0 bridgehead atoms. The van der Waals surface area contributed by atoms with E-state index in [-0.39, 0.29) is 13.0 Å². The van der Waals surface area contributed by atoms with Gasteiger partial charge in [-0.15, -0.1) is 0 Å². The third kappa shape index (κ3) is 4.28. The number of ether oxygens (including phenoxy) is 3. The van der Waals surface area contributed by atoms with Crippen molar-refractivity contribution in [3.8, 4) is 5.75 Å². The summed E-state index contributed by atoms with van der Waals surface area (Å²) < 4.78 is 37.0. The maximum atomic E-state index is 14.1. The molecule has 0 radical (unpaired) electrons. The summed E-state index contributed by atoms with van der Waals surface area (Å²) in [7, 11) is 1.26. The maximum absolute atomic E-state index is 14.1. The van der Waals surface area contributed by atoms with E-state index in [2.05, 4.69) is 4.98 Å². The van der Waals surface area contributed by atoms with E-state index in [0.717, 1.165) is 0 Å². The molecule has 0 N–H and O–H groups in total. The summed E-state index contributed by atoms with van der Waals surface area (Å²) >= 11 is 6.35. The predicted octanol–water partition coefficient (Wildman–Crippen LogP) is 5.86. The van der Waals surface area contributed by atoms with Crippen LogP contribution in [0.2, 0.25) is 5.02 Å². The van der Waals surface area contributed by atoms with Crippen molar-refractivity contribution in [2.24, 2.45) is 0 Å². The molecule has 5 rings (SSSR count). The molecule has 1 amide bonds. The molecule has 0 aliphatic carbocycles.